The van der Waals surface area contributed by atoms with Gasteiger partial charge in [0.1, 0.15) is 5.75 Å². The van der Waals surface area contributed by atoms with Gasteiger partial charge in [0.2, 0.25) is 0 Å². The monoisotopic (exact) mass is 173 g/mol. The molecule has 2 N–H and O–H groups in total. The lowest BCUT2D eigenvalue weighted by molar-refractivity contribution is 0.471. The summed E-state index contributed by atoms with van der Waals surface area (Å²) in [4.78, 5) is 3.11. The number of phenolic OH excluding ortho intramolecular Hbond substituents is 1. The number of hydrogen-bond acceptors (Lipinski definition) is 1. The fourth-order valence-corrected chi connectivity index (χ4v) is 1.53. The van der Waals surface area contributed by atoms with E-state index in [1.54, 1.807) is 12.1 Å². The first-order valence-electron chi connectivity index (χ1n) is 4.22. The van der Waals surface area contributed by atoms with Crippen molar-refractivity contribution in [3.63, 3.8) is 0 Å². The minimum atomic E-state index is 0.329. The van der Waals surface area contributed by atoms with E-state index in [4.69, 9.17) is 0 Å². The average molecular weight is 173 g/mol. The summed E-state index contributed by atoms with van der Waals surface area (Å²) >= 11 is 0. The molecule has 0 amide bonds. The average Bonchev–Trinajstić information content (AvgIpc) is 2.58. The summed E-state index contributed by atoms with van der Waals surface area (Å²) < 4.78 is 0. The number of aromatic hydroxyl groups is 1. The second kappa shape index (κ2) is 2.98. The van der Waals surface area contributed by atoms with Crippen molar-refractivity contribution in [2.75, 3.05) is 0 Å². The van der Waals surface area contributed by atoms with E-state index in [-0.39, 0.29) is 0 Å². The van der Waals surface area contributed by atoms with Gasteiger partial charge in [0.05, 0.1) is 5.52 Å². The molecule has 2 rings (SSSR count). The highest BCUT2D eigenvalue weighted by atomic mass is 16.3. The third-order valence-electron chi connectivity index (χ3n) is 2.16. The molecule has 0 unspecified atom stereocenters. The predicted octanol–water partition coefficient (Wildman–Crippen LogP) is 2.60. The van der Waals surface area contributed by atoms with Crippen molar-refractivity contribution in [1.82, 2.24) is 4.98 Å². The van der Waals surface area contributed by atoms with Crippen LogP contribution >= 0.6 is 0 Å². The van der Waals surface area contributed by atoms with Crippen LogP contribution in [0.1, 0.15) is 5.56 Å². The van der Waals surface area contributed by atoms with Crippen LogP contribution in [0, 0.1) is 0 Å². The summed E-state index contributed by atoms with van der Waals surface area (Å²) in [5, 5.41) is 10.7. The van der Waals surface area contributed by atoms with Gasteiger partial charge in [-0.1, -0.05) is 6.08 Å². The number of rotatable bonds is 2. The molecule has 13 heavy (non-hydrogen) atoms. The zero-order valence-electron chi connectivity index (χ0n) is 7.25. The first-order chi connectivity index (χ1) is 6.33. The number of hydrogen-bond donors (Lipinski definition) is 2. The van der Waals surface area contributed by atoms with Crippen LogP contribution in [0.5, 0.6) is 5.75 Å². The van der Waals surface area contributed by atoms with Crippen molar-refractivity contribution in [3.05, 3.63) is 42.6 Å². The van der Waals surface area contributed by atoms with Crippen molar-refractivity contribution < 1.29 is 5.11 Å². The van der Waals surface area contributed by atoms with E-state index in [1.807, 2.05) is 18.3 Å². The largest absolute Gasteiger partial charge is 0.508 e. The molecule has 2 aromatic rings. The molecule has 0 fully saturated rings. The third kappa shape index (κ3) is 1.20. The van der Waals surface area contributed by atoms with Gasteiger partial charge >= 0.3 is 0 Å². The number of benzene rings is 1. The fraction of sp³-hybridized carbons (Fsp3) is 0.0909. The Balaban J connectivity index is 2.72. The van der Waals surface area contributed by atoms with Gasteiger partial charge < -0.3 is 10.1 Å². The molecule has 0 aliphatic heterocycles. The summed E-state index contributed by atoms with van der Waals surface area (Å²) in [5.74, 6) is 0.329. The molecule has 0 bridgehead atoms. The number of H-pyrrole nitrogens is 1. The smallest absolute Gasteiger partial charge is 0.121 e. The molecule has 0 aliphatic carbocycles. The van der Waals surface area contributed by atoms with Gasteiger partial charge in [-0.2, -0.15) is 0 Å². The highest BCUT2D eigenvalue weighted by molar-refractivity contribution is 5.84. The lowest BCUT2D eigenvalue weighted by Crippen LogP contribution is -1.84. The minimum Gasteiger partial charge on any atom is -0.508 e. The first kappa shape index (κ1) is 7.92. The van der Waals surface area contributed by atoms with E-state index in [1.165, 1.54) is 0 Å². The summed E-state index contributed by atoms with van der Waals surface area (Å²) in [7, 11) is 0. The van der Waals surface area contributed by atoms with E-state index in [0.717, 1.165) is 16.5 Å². The lowest BCUT2D eigenvalue weighted by atomic mass is 10.1. The molecule has 0 radical (unpaired) electrons. The maximum absolute atomic E-state index is 9.59. The van der Waals surface area contributed by atoms with Gasteiger partial charge in [0.25, 0.3) is 0 Å². The maximum Gasteiger partial charge on any atom is 0.121 e. The number of allylic oxidation sites excluding steroid dienone is 1. The molecule has 2 nitrogen and oxygen atoms in total. The van der Waals surface area contributed by atoms with E-state index < -0.39 is 0 Å². The van der Waals surface area contributed by atoms with Crippen LogP contribution in [0.4, 0.5) is 0 Å². The maximum atomic E-state index is 9.59. The molecule has 1 aromatic heterocycles. The Labute approximate surface area is 76.5 Å². The number of nitrogens with one attached hydrogen (secondary N) is 1. The van der Waals surface area contributed by atoms with Gasteiger partial charge in [-0.15, -0.1) is 6.58 Å². The number of aromatic nitrogens is 1. The van der Waals surface area contributed by atoms with Crippen molar-refractivity contribution in [3.8, 4) is 5.75 Å². The van der Waals surface area contributed by atoms with Crippen molar-refractivity contribution in [2.24, 2.45) is 0 Å². The van der Waals surface area contributed by atoms with Crippen molar-refractivity contribution in [1.29, 1.82) is 0 Å². The molecule has 66 valence electrons. The second-order valence-corrected chi connectivity index (χ2v) is 3.00. The topological polar surface area (TPSA) is 36.0 Å². The van der Waals surface area contributed by atoms with Gasteiger partial charge in [-0.25, -0.2) is 0 Å². The van der Waals surface area contributed by atoms with E-state index in [0.29, 0.717) is 12.2 Å². The Hall–Kier alpha value is -1.70. The first-order valence-corrected chi connectivity index (χ1v) is 4.22. The predicted molar refractivity (Wildman–Crippen MR) is 53.9 cm³/mol. The molecule has 1 heterocycles. The third-order valence-corrected chi connectivity index (χ3v) is 2.16. The Bertz CT molecular complexity index is 442. The molecular weight excluding hydrogens is 162 g/mol. The Kier molecular flexibility index (Phi) is 1.81. The molecular formula is C11H11NO. The summed E-state index contributed by atoms with van der Waals surface area (Å²) in [6, 6.07) is 5.60. The number of aromatic amines is 1. The molecule has 0 saturated carbocycles. The van der Waals surface area contributed by atoms with Crippen LogP contribution < -0.4 is 0 Å². The van der Waals surface area contributed by atoms with Crippen LogP contribution in [0.25, 0.3) is 10.9 Å². The molecule has 1 aromatic carbocycles. The number of fused-ring (bicyclic) bond motifs is 1. The van der Waals surface area contributed by atoms with Gasteiger partial charge in [-0.3, -0.25) is 0 Å². The molecule has 0 spiro atoms. The quantitative estimate of drug-likeness (QED) is 0.673. The van der Waals surface area contributed by atoms with E-state index >= 15 is 0 Å². The Morgan fingerprint density at radius 3 is 3.00 bits per heavy atom. The highest BCUT2D eigenvalue weighted by Gasteiger charge is 2.05. The summed E-state index contributed by atoms with van der Waals surface area (Å²) in [5.41, 5.74) is 1.91. The zero-order valence-corrected chi connectivity index (χ0v) is 7.25. The van der Waals surface area contributed by atoms with Crippen molar-refractivity contribution >= 4 is 10.9 Å². The van der Waals surface area contributed by atoms with Crippen molar-refractivity contribution in [2.45, 2.75) is 6.42 Å². The van der Waals surface area contributed by atoms with Crippen LogP contribution in [-0.2, 0) is 6.42 Å². The summed E-state index contributed by atoms with van der Waals surface area (Å²) in [6.45, 7) is 3.66. The fourth-order valence-electron chi connectivity index (χ4n) is 1.53. The second-order valence-electron chi connectivity index (χ2n) is 3.00. The Morgan fingerprint density at radius 2 is 2.23 bits per heavy atom. The SMILES string of the molecule is C=CCc1c(O)ccc2cc[nH]c12. The molecule has 0 atom stereocenters. The molecule has 0 aliphatic rings. The normalized spacial score (nSPS) is 10.5. The van der Waals surface area contributed by atoms with Gasteiger partial charge in [0.15, 0.2) is 0 Å². The van der Waals surface area contributed by atoms with E-state index in [2.05, 4.69) is 11.6 Å². The molecule has 0 saturated heterocycles. The zero-order chi connectivity index (χ0) is 9.26. The van der Waals surface area contributed by atoms with Gasteiger partial charge in [-0.05, 0) is 30.0 Å². The van der Waals surface area contributed by atoms with Gasteiger partial charge in [0, 0.05) is 11.8 Å². The molecule has 2 heteroatoms. The standard InChI is InChI=1S/C11H11NO/c1-2-3-9-10(13)5-4-8-6-7-12-11(8)9/h2,4-7,12-13H,1,3H2. The number of phenols is 1. The minimum absolute atomic E-state index is 0.329. The Morgan fingerprint density at radius 1 is 1.38 bits per heavy atom. The van der Waals surface area contributed by atoms with Crippen LogP contribution in [-0.4, -0.2) is 10.1 Å². The van der Waals surface area contributed by atoms with E-state index in [9.17, 15) is 5.11 Å². The van der Waals surface area contributed by atoms with Crippen LogP contribution in [0.15, 0.2) is 37.1 Å². The lowest BCUT2D eigenvalue weighted by Gasteiger charge is -2.02. The highest BCUT2D eigenvalue weighted by Crippen LogP contribution is 2.26. The van der Waals surface area contributed by atoms with Crippen LogP contribution in [0.3, 0.4) is 0 Å². The van der Waals surface area contributed by atoms with Crippen LogP contribution in [0.2, 0.25) is 0 Å². The summed E-state index contributed by atoms with van der Waals surface area (Å²) in [6.07, 6.45) is 4.34.